The average molecular weight is 366 g/mol. The number of hydrogen-bond acceptors (Lipinski definition) is 3. The van der Waals surface area contributed by atoms with Gasteiger partial charge in [0.2, 0.25) is 5.91 Å². The molecule has 1 heterocycles. The molecule has 0 radical (unpaired) electrons. The summed E-state index contributed by atoms with van der Waals surface area (Å²) in [6, 6.07) is 8.14. The molecular formula is C19H21F3N2O2. The third kappa shape index (κ3) is 3.93. The van der Waals surface area contributed by atoms with E-state index in [1.807, 2.05) is 26.0 Å². The molecule has 0 unspecified atom stereocenters. The van der Waals surface area contributed by atoms with E-state index in [9.17, 15) is 18.0 Å². The number of ether oxygens (including phenoxy) is 1. The van der Waals surface area contributed by atoms with Crippen LogP contribution < -0.4 is 10.2 Å². The zero-order valence-electron chi connectivity index (χ0n) is 14.6. The number of carbonyl (C=O) groups is 1. The maximum absolute atomic E-state index is 13.7. The topological polar surface area (TPSA) is 41.6 Å². The lowest BCUT2D eigenvalue weighted by Crippen LogP contribution is -2.43. The molecule has 1 aliphatic rings. The van der Waals surface area contributed by atoms with Gasteiger partial charge >= 0.3 is 6.18 Å². The molecule has 0 saturated carbocycles. The Morgan fingerprint density at radius 2 is 2.00 bits per heavy atom. The highest BCUT2D eigenvalue weighted by Gasteiger charge is 2.47. The Balaban J connectivity index is 2.02. The largest absolute Gasteiger partial charge is 0.493 e. The quantitative estimate of drug-likeness (QED) is 0.862. The van der Waals surface area contributed by atoms with Gasteiger partial charge in [-0.05, 0) is 29.0 Å². The highest BCUT2D eigenvalue weighted by molar-refractivity contribution is 5.89. The van der Waals surface area contributed by atoms with Crippen LogP contribution in [0.5, 0.6) is 5.75 Å². The molecule has 3 rings (SSSR count). The van der Waals surface area contributed by atoms with Crippen molar-refractivity contribution in [1.82, 2.24) is 10.4 Å². The molecule has 1 amide bonds. The summed E-state index contributed by atoms with van der Waals surface area (Å²) in [4.78, 5) is 11.4. The van der Waals surface area contributed by atoms with Crippen LogP contribution in [0.4, 0.5) is 13.2 Å². The number of hydrogen-bond donors (Lipinski definition) is 1. The number of alkyl halides is 3. The number of amides is 1. The fourth-order valence-electron chi connectivity index (χ4n) is 3.05. The molecule has 4 nitrogen and oxygen atoms in total. The summed E-state index contributed by atoms with van der Waals surface area (Å²) in [7, 11) is 0. The van der Waals surface area contributed by atoms with Crippen LogP contribution >= 0.6 is 0 Å². The van der Waals surface area contributed by atoms with E-state index in [2.05, 4.69) is 5.43 Å². The lowest BCUT2D eigenvalue weighted by molar-refractivity contribution is -0.191. The van der Waals surface area contributed by atoms with Crippen LogP contribution in [-0.2, 0) is 4.79 Å². The Kier molecular flexibility index (Phi) is 5.09. The number of rotatable bonds is 5. The van der Waals surface area contributed by atoms with E-state index in [-0.39, 0.29) is 18.5 Å². The first-order valence-corrected chi connectivity index (χ1v) is 8.54. The van der Waals surface area contributed by atoms with Gasteiger partial charge in [0, 0.05) is 18.4 Å². The summed E-state index contributed by atoms with van der Waals surface area (Å²) in [5.74, 6) is 0.460. The highest BCUT2D eigenvalue weighted by atomic mass is 19.4. The molecule has 0 bridgehead atoms. The van der Waals surface area contributed by atoms with Gasteiger partial charge in [0.15, 0.2) is 0 Å². The van der Waals surface area contributed by atoms with Crippen molar-refractivity contribution in [3.8, 4) is 5.75 Å². The zero-order chi connectivity index (χ0) is 18.9. The molecule has 140 valence electrons. The Labute approximate surface area is 149 Å². The average Bonchev–Trinajstić information content (AvgIpc) is 2.97. The van der Waals surface area contributed by atoms with Crippen molar-refractivity contribution in [2.45, 2.75) is 32.5 Å². The summed E-state index contributed by atoms with van der Waals surface area (Å²) in [6.45, 7) is 4.51. The SMILES string of the molecule is CC(C)COc1cccc2ccc([C@H](N3CCC(=O)N3)C(F)(F)F)cc12. The fourth-order valence-corrected chi connectivity index (χ4v) is 3.05. The predicted molar refractivity (Wildman–Crippen MR) is 92.5 cm³/mol. The molecular weight excluding hydrogens is 345 g/mol. The van der Waals surface area contributed by atoms with Crippen LogP contribution in [0.3, 0.4) is 0 Å². The maximum atomic E-state index is 13.7. The van der Waals surface area contributed by atoms with E-state index in [0.29, 0.717) is 23.7 Å². The van der Waals surface area contributed by atoms with E-state index in [1.165, 1.54) is 12.1 Å². The number of nitrogens with one attached hydrogen (secondary N) is 1. The van der Waals surface area contributed by atoms with Gasteiger partial charge in [0.05, 0.1) is 6.61 Å². The first-order chi connectivity index (χ1) is 12.3. The molecule has 1 aliphatic heterocycles. The van der Waals surface area contributed by atoms with Crippen LogP contribution in [-0.4, -0.2) is 30.2 Å². The molecule has 0 aliphatic carbocycles. The molecule has 7 heteroatoms. The minimum absolute atomic E-state index is 0.0204. The van der Waals surface area contributed by atoms with Gasteiger partial charge in [0.25, 0.3) is 0 Å². The minimum atomic E-state index is -4.51. The van der Waals surface area contributed by atoms with E-state index >= 15 is 0 Å². The molecule has 0 spiro atoms. The monoisotopic (exact) mass is 366 g/mol. The van der Waals surface area contributed by atoms with Gasteiger partial charge in [-0.3, -0.25) is 10.2 Å². The van der Waals surface area contributed by atoms with E-state index < -0.39 is 18.1 Å². The van der Waals surface area contributed by atoms with Gasteiger partial charge < -0.3 is 4.74 Å². The smallest absolute Gasteiger partial charge is 0.409 e. The summed E-state index contributed by atoms with van der Waals surface area (Å²) in [5, 5.41) is 2.40. The molecule has 1 N–H and O–H groups in total. The van der Waals surface area contributed by atoms with Gasteiger partial charge in [-0.25, -0.2) is 5.01 Å². The van der Waals surface area contributed by atoms with Gasteiger partial charge in [-0.15, -0.1) is 0 Å². The number of halogens is 3. The van der Waals surface area contributed by atoms with Crippen molar-refractivity contribution in [2.24, 2.45) is 5.92 Å². The van der Waals surface area contributed by atoms with Crippen LogP contribution in [0.2, 0.25) is 0 Å². The predicted octanol–water partition coefficient (Wildman–Crippen LogP) is 4.21. The second-order valence-electron chi connectivity index (χ2n) is 6.86. The Morgan fingerprint density at radius 3 is 2.62 bits per heavy atom. The van der Waals surface area contributed by atoms with Crippen molar-refractivity contribution in [3.63, 3.8) is 0 Å². The second kappa shape index (κ2) is 7.15. The van der Waals surface area contributed by atoms with E-state index in [4.69, 9.17) is 4.74 Å². The molecule has 1 fully saturated rings. The molecule has 1 saturated heterocycles. The van der Waals surface area contributed by atoms with Crippen LogP contribution in [0.1, 0.15) is 31.9 Å². The van der Waals surface area contributed by atoms with Crippen molar-refractivity contribution in [3.05, 3.63) is 42.0 Å². The van der Waals surface area contributed by atoms with Crippen LogP contribution in [0, 0.1) is 5.92 Å². The third-order valence-electron chi connectivity index (χ3n) is 4.22. The Bertz CT molecular complexity index is 805. The van der Waals surface area contributed by atoms with Crippen molar-refractivity contribution < 1.29 is 22.7 Å². The lowest BCUT2D eigenvalue weighted by Gasteiger charge is -2.29. The Hall–Kier alpha value is -2.28. The molecule has 26 heavy (non-hydrogen) atoms. The van der Waals surface area contributed by atoms with E-state index in [1.54, 1.807) is 12.1 Å². The summed E-state index contributed by atoms with van der Waals surface area (Å²) >= 11 is 0. The third-order valence-corrected chi connectivity index (χ3v) is 4.22. The number of hydrazine groups is 1. The fraction of sp³-hybridized carbons (Fsp3) is 0.421. The number of benzene rings is 2. The van der Waals surface area contributed by atoms with Gasteiger partial charge in [-0.2, -0.15) is 13.2 Å². The normalized spacial score (nSPS) is 16.9. The number of nitrogens with zero attached hydrogens (tertiary/aromatic N) is 1. The van der Waals surface area contributed by atoms with Crippen LogP contribution in [0.25, 0.3) is 10.8 Å². The molecule has 2 aromatic carbocycles. The first kappa shape index (κ1) is 18.5. The van der Waals surface area contributed by atoms with Crippen molar-refractivity contribution in [1.29, 1.82) is 0 Å². The standard InChI is InChI=1S/C19H21F3N2O2/c1-12(2)11-26-16-5-3-4-13-6-7-14(10-15(13)16)18(19(20,21)22)24-9-8-17(25)23-24/h3-7,10,12,18H,8-9,11H2,1-2H3,(H,23,25)/t18-/m0/s1. The summed E-state index contributed by atoms with van der Waals surface area (Å²) < 4.78 is 46.9. The first-order valence-electron chi connectivity index (χ1n) is 8.54. The van der Waals surface area contributed by atoms with Gasteiger partial charge in [0.1, 0.15) is 11.8 Å². The van der Waals surface area contributed by atoms with E-state index in [0.717, 1.165) is 10.4 Å². The summed E-state index contributed by atoms with van der Waals surface area (Å²) in [5.41, 5.74) is 2.38. The van der Waals surface area contributed by atoms with Crippen molar-refractivity contribution in [2.75, 3.05) is 13.2 Å². The highest BCUT2D eigenvalue weighted by Crippen LogP contribution is 2.40. The molecule has 0 aromatic heterocycles. The maximum Gasteiger partial charge on any atom is 0.409 e. The minimum Gasteiger partial charge on any atom is -0.493 e. The summed E-state index contributed by atoms with van der Waals surface area (Å²) in [6.07, 6.45) is -4.46. The second-order valence-corrected chi connectivity index (χ2v) is 6.86. The number of fused-ring (bicyclic) bond motifs is 1. The zero-order valence-corrected chi connectivity index (χ0v) is 14.6. The van der Waals surface area contributed by atoms with Crippen LogP contribution in [0.15, 0.2) is 36.4 Å². The number of carbonyl (C=O) groups excluding carboxylic acids is 1. The lowest BCUT2D eigenvalue weighted by atomic mass is 10.0. The Morgan fingerprint density at radius 1 is 1.23 bits per heavy atom. The molecule has 2 aromatic rings. The van der Waals surface area contributed by atoms with Crippen molar-refractivity contribution >= 4 is 16.7 Å². The molecule has 1 atom stereocenters. The van der Waals surface area contributed by atoms with Gasteiger partial charge in [-0.1, -0.05) is 38.1 Å².